The average Bonchev–Trinajstić information content (AvgIpc) is 2.65. The van der Waals surface area contributed by atoms with E-state index >= 15 is 0 Å². The maximum Gasteiger partial charge on any atom is 0.175 e. The highest BCUT2D eigenvalue weighted by Gasteiger charge is 2.13. The first-order valence-corrected chi connectivity index (χ1v) is 10.6. The van der Waals surface area contributed by atoms with Crippen LogP contribution in [0, 0.1) is 0 Å². The van der Waals surface area contributed by atoms with E-state index in [1.807, 2.05) is 25.1 Å². The summed E-state index contributed by atoms with van der Waals surface area (Å²) in [5.74, 6) is 1.32. The van der Waals surface area contributed by atoms with Gasteiger partial charge in [0.1, 0.15) is 6.61 Å². The molecule has 0 aromatic heterocycles. The predicted octanol–water partition coefficient (Wildman–Crippen LogP) is 5.25. The van der Waals surface area contributed by atoms with Crippen LogP contribution < -0.4 is 20.1 Å². The maximum atomic E-state index is 8.76. The topological polar surface area (TPSA) is 62.8 Å². The molecule has 0 atom stereocenters. The number of hydrogen-bond acceptors (Lipinski definition) is 5. The number of halogens is 5. The van der Waals surface area contributed by atoms with E-state index in [1.54, 1.807) is 12.1 Å². The molecule has 0 fully saturated rings. The third-order valence-corrected chi connectivity index (χ3v) is 5.03. The summed E-state index contributed by atoms with van der Waals surface area (Å²) in [5, 5.41) is 16.4. The Hall–Kier alpha value is -0.440. The van der Waals surface area contributed by atoms with Gasteiger partial charge < -0.3 is 25.2 Å². The van der Waals surface area contributed by atoms with Gasteiger partial charge in [-0.25, -0.2) is 0 Å². The first-order chi connectivity index (χ1) is 13.5. The third kappa shape index (κ3) is 9.79. The average molecular weight is 565 g/mol. The van der Waals surface area contributed by atoms with Crippen molar-refractivity contribution < 1.29 is 14.6 Å². The van der Waals surface area contributed by atoms with E-state index in [0.717, 1.165) is 28.7 Å². The third-order valence-electron chi connectivity index (χ3n) is 3.85. The molecule has 0 saturated heterocycles. The molecule has 30 heavy (non-hydrogen) atoms. The minimum absolute atomic E-state index is 0. The van der Waals surface area contributed by atoms with Crippen LogP contribution in [0.1, 0.15) is 18.1 Å². The molecule has 0 spiro atoms. The predicted molar refractivity (Wildman–Crippen MR) is 132 cm³/mol. The Morgan fingerprint density at radius 3 is 2.40 bits per heavy atom. The van der Waals surface area contributed by atoms with Crippen LogP contribution in [0.5, 0.6) is 11.5 Å². The van der Waals surface area contributed by atoms with Crippen LogP contribution in [-0.4, -0.2) is 38.0 Å². The lowest BCUT2D eigenvalue weighted by molar-refractivity contribution is 0.267. The number of ether oxygens (including phenoxy) is 2. The van der Waals surface area contributed by atoms with Crippen molar-refractivity contribution in [3.8, 4) is 11.5 Å². The van der Waals surface area contributed by atoms with Crippen molar-refractivity contribution >= 4 is 63.9 Å². The summed E-state index contributed by atoms with van der Waals surface area (Å²) in [4.78, 5) is 0. The van der Waals surface area contributed by atoms with E-state index in [9.17, 15) is 0 Å². The van der Waals surface area contributed by atoms with Crippen molar-refractivity contribution in [1.29, 1.82) is 0 Å². The Labute approximate surface area is 208 Å². The normalized spacial score (nSPS) is 10.2. The largest absolute Gasteiger partial charge is 0.490 e. The summed E-state index contributed by atoms with van der Waals surface area (Å²) in [5.41, 5.74) is 1.93. The number of rotatable bonds is 12. The quantitative estimate of drug-likeness (QED) is 0.307. The molecule has 10 heteroatoms. The standard InChI is InChI=1S/C20H25BrCl2N2O3.2ClH/c1-2-27-19-10-14(12-25-6-5-24-7-8-26)9-17(21)20(19)28-13-15-3-4-16(22)11-18(15)23;;/h3-4,9-11,24-26H,2,5-8,12-13H2,1H3;2*1H. The number of nitrogens with one attached hydrogen (secondary N) is 2. The van der Waals surface area contributed by atoms with Crippen molar-refractivity contribution in [2.24, 2.45) is 0 Å². The molecule has 0 aliphatic rings. The monoisotopic (exact) mass is 562 g/mol. The lowest BCUT2D eigenvalue weighted by Gasteiger charge is -2.16. The minimum Gasteiger partial charge on any atom is -0.490 e. The van der Waals surface area contributed by atoms with Crippen molar-refractivity contribution in [3.05, 3.63) is 56.0 Å². The van der Waals surface area contributed by atoms with E-state index < -0.39 is 0 Å². The first-order valence-electron chi connectivity index (χ1n) is 9.09. The summed E-state index contributed by atoms with van der Waals surface area (Å²) in [6.07, 6.45) is 0. The Bertz CT molecular complexity index is 769. The van der Waals surface area contributed by atoms with Gasteiger partial charge in [0.25, 0.3) is 0 Å². The SMILES string of the molecule is CCOc1cc(CNCCNCCO)cc(Br)c1OCc1ccc(Cl)cc1Cl.Cl.Cl. The van der Waals surface area contributed by atoms with Crippen LogP contribution in [0.15, 0.2) is 34.8 Å². The molecule has 0 heterocycles. The maximum absolute atomic E-state index is 8.76. The second-order valence-electron chi connectivity index (χ2n) is 6.01. The van der Waals surface area contributed by atoms with Gasteiger partial charge in [-0.15, -0.1) is 24.8 Å². The van der Waals surface area contributed by atoms with Crippen LogP contribution in [0.25, 0.3) is 0 Å². The summed E-state index contributed by atoms with van der Waals surface area (Å²) < 4.78 is 12.6. The second-order valence-corrected chi connectivity index (χ2v) is 7.71. The number of hydrogen-bond donors (Lipinski definition) is 3. The summed E-state index contributed by atoms with van der Waals surface area (Å²) in [6, 6.07) is 9.32. The molecule has 3 N–H and O–H groups in total. The molecule has 5 nitrogen and oxygen atoms in total. The fourth-order valence-electron chi connectivity index (χ4n) is 2.53. The second kappa shape index (κ2) is 16.2. The molecule has 2 aromatic carbocycles. The van der Waals surface area contributed by atoms with Crippen LogP contribution >= 0.6 is 63.9 Å². The van der Waals surface area contributed by atoms with E-state index in [-0.39, 0.29) is 31.4 Å². The lowest BCUT2D eigenvalue weighted by Crippen LogP contribution is -2.28. The van der Waals surface area contributed by atoms with E-state index in [0.29, 0.717) is 47.8 Å². The lowest BCUT2D eigenvalue weighted by atomic mass is 10.2. The van der Waals surface area contributed by atoms with Gasteiger partial charge in [-0.1, -0.05) is 29.3 Å². The molecule has 0 aliphatic carbocycles. The van der Waals surface area contributed by atoms with Gasteiger partial charge in [-0.05, 0) is 52.7 Å². The molecule has 0 aliphatic heterocycles. The van der Waals surface area contributed by atoms with E-state index in [2.05, 4.69) is 26.6 Å². The molecule has 170 valence electrons. The summed E-state index contributed by atoms with van der Waals surface area (Å²) in [7, 11) is 0. The Morgan fingerprint density at radius 2 is 1.73 bits per heavy atom. The molecule has 0 radical (unpaired) electrons. The highest BCUT2D eigenvalue weighted by molar-refractivity contribution is 9.10. The van der Waals surface area contributed by atoms with Crippen molar-refractivity contribution in [2.75, 3.05) is 32.8 Å². The molecule has 2 aromatic rings. The van der Waals surface area contributed by atoms with Crippen LogP contribution in [0.3, 0.4) is 0 Å². The highest BCUT2D eigenvalue weighted by Crippen LogP contribution is 2.38. The Balaban J connectivity index is 0.00000420. The van der Waals surface area contributed by atoms with Crippen LogP contribution in [0.2, 0.25) is 10.0 Å². The summed E-state index contributed by atoms with van der Waals surface area (Å²) in [6.45, 7) is 5.82. The number of aliphatic hydroxyl groups excluding tert-OH is 1. The zero-order valence-corrected chi connectivity index (χ0v) is 21.3. The first kappa shape index (κ1) is 29.6. The fraction of sp³-hybridized carbons (Fsp3) is 0.400. The van der Waals surface area contributed by atoms with Gasteiger partial charge in [0.05, 0.1) is 17.7 Å². The molecular weight excluding hydrogens is 538 g/mol. The minimum atomic E-state index is 0. The van der Waals surface area contributed by atoms with Gasteiger partial charge in [0.2, 0.25) is 0 Å². The van der Waals surface area contributed by atoms with Gasteiger partial charge in [0, 0.05) is 41.8 Å². The molecule has 0 amide bonds. The smallest absolute Gasteiger partial charge is 0.175 e. The molecule has 2 rings (SSSR count). The van der Waals surface area contributed by atoms with Crippen LogP contribution in [-0.2, 0) is 13.2 Å². The van der Waals surface area contributed by atoms with Gasteiger partial charge in [0.15, 0.2) is 11.5 Å². The van der Waals surface area contributed by atoms with E-state index in [4.69, 9.17) is 37.8 Å². The fourth-order valence-corrected chi connectivity index (χ4v) is 3.60. The molecule has 0 bridgehead atoms. The van der Waals surface area contributed by atoms with Gasteiger partial charge >= 0.3 is 0 Å². The van der Waals surface area contributed by atoms with Crippen molar-refractivity contribution in [3.63, 3.8) is 0 Å². The zero-order valence-electron chi connectivity index (χ0n) is 16.6. The molecule has 0 unspecified atom stereocenters. The molecular formula is C20H27BrCl4N2O3. The number of benzene rings is 2. The van der Waals surface area contributed by atoms with Crippen molar-refractivity contribution in [2.45, 2.75) is 20.1 Å². The van der Waals surface area contributed by atoms with Crippen molar-refractivity contribution in [1.82, 2.24) is 10.6 Å². The zero-order chi connectivity index (χ0) is 20.4. The molecule has 0 saturated carbocycles. The Kier molecular flexibility index (Phi) is 16.0. The van der Waals surface area contributed by atoms with Gasteiger partial charge in [-0.3, -0.25) is 0 Å². The van der Waals surface area contributed by atoms with Crippen LogP contribution in [0.4, 0.5) is 0 Å². The van der Waals surface area contributed by atoms with Gasteiger partial charge in [-0.2, -0.15) is 0 Å². The summed E-state index contributed by atoms with van der Waals surface area (Å²) >= 11 is 15.8. The number of aliphatic hydroxyl groups is 1. The highest BCUT2D eigenvalue weighted by atomic mass is 79.9. The Morgan fingerprint density at radius 1 is 1.00 bits per heavy atom. The van der Waals surface area contributed by atoms with E-state index in [1.165, 1.54) is 0 Å².